The molecule has 0 spiro atoms. The van der Waals surface area contributed by atoms with Crippen molar-refractivity contribution in [3.8, 4) is 0 Å². The third-order valence-electron chi connectivity index (χ3n) is 3.45. The van der Waals surface area contributed by atoms with Crippen molar-refractivity contribution in [1.82, 2.24) is 10.6 Å². The number of carbonyl (C=O) groups excluding carboxylic acids is 3. The van der Waals surface area contributed by atoms with Crippen molar-refractivity contribution >= 4 is 17.9 Å². The topological polar surface area (TPSA) is 84.5 Å². The molecule has 2 N–H and O–H groups in total. The van der Waals surface area contributed by atoms with Crippen LogP contribution in [0.3, 0.4) is 0 Å². The predicted octanol–water partition coefficient (Wildman–Crippen LogP) is 1.18. The second kappa shape index (κ2) is 6.39. The summed E-state index contributed by atoms with van der Waals surface area (Å²) in [5, 5.41) is 4.31. The van der Waals surface area contributed by atoms with Crippen molar-refractivity contribution in [2.45, 2.75) is 32.3 Å². The van der Waals surface area contributed by atoms with Gasteiger partial charge in [0.05, 0.1) is 5.56 Å². The SMILES string of the molecule is CNC(=O)NC(=O)[C@@H](C)OC(=O)c1ccc2c(c1)CCC2. The first-order valence-corrected chi connectivity index (χ1v) is 6.86. The van der Waals surface area contributed by atoms with E-state index in [1.165, 1.54) is 19.5 Å². The molecule has 21 heavy (non-hydrogen) atoms. The molecule has 6 heteroatoms. The molecule has 0 aromatic heterocycles. The van der Waals surface area contributed by atoms with Gasteiger partial charge in [0.15, 0.2) is 6.10 Å². The molecule has 1 aliphatic rings. The number of benzene rings is 1. The summed E-state index contributed by atoms with van der Waals surface area (Å²) in [7, 11) is 1.39. The average molecular weight is 290 g/mol. The van der Waals surface area contributed by atoms with Crippen molar-refractivity contribution in [2.24, 2.45) is 0 Å². The van der Waals surface area contributed by atoms with Crippen LogP contribution in [-0.2, 0) is 22.4 Å². The third kappa shape index (κ3) is 3.59. The number of urea groups is 1. The molecule has 112 valence electrons. The van der Waals surface area contributed by atoms with Crippen molar-refractivity contribution in [2.75, 3.05) is 7.05 Å². The molecule has 1 aliphatic carbocycles. The van der Waals surface area contributed by atoms with Crippen LogP contribution in [0.25, 0.3) is 0 Å². The number of hydrogen-bond acceptors (Lipinski definition) is 4. The van der Waals surface area contributed by atoms with Gasteiger partial charge < -0.3 is 10.1 Å². The fraction of sp³-hybridized carbons (Fsp3) is 0.400. The standard InChI is InChI=1S/C15H18N2O4/c1-9(13(18)17-15(20)16-2)21-14(19)12-7-6-10-4-3-5-11(10)8-12/h6-9H,3-5H2,1-2H3,(H2,16,17,18,20)/t9-/m1/s1. The number of amides is 3. The van der Waals surface area contributed by atoms with Gasteiger partial charge in [-0.25, -0.2) is 9.59 Å². The molecule has 0 saturated carbocycles. The summed E-state index contributed by atoms with van der Waals surface area (Å²) in [6.07, 6.45) is 2.06. The number of nitrogens with one attached hydrogen (secondary N) is 2. The second-order valence-corrected chi connectivity index (χ2v) is 4.95. The quantitative estimate of drug-likeness (QED) is 0.819. The number of ether oxygens (including phenoxy) is 1. The number of fused-ring (bicyclic) bond motifs is 1. The lowest BCUT2D eigenvalue weighted by Gasteiger charge is -2.13. The Bertz CT molecular complexity index is 583. The maximum absolute atomic E-state index is 12.0. The summed E-state index contributed by atoms with van der Waals surface area (Å²) >= 11 is 0. The Labute approximate surface area is 122 Å². The summed E-state index contributed by atoms with van der Waals surface area (Å²) in [5.74, 6) is -1.23. The van der Waals surface area contributed by atoms with Gasteiger partial charge in [0.2, 0.25) is 0 Å². The molecule has 3 amide bonds. The summed E-state index contributed by atoms with van der Waals surface area (Å²) < 4.78 is 5.07. The highest BCUT2D eigenvalue weighted by molar-refractivity contribution is 5.98. The van der Waals surface area contributed by atoms with Crippen LogP contribution in [0.4, 0.5) is 4.79 Å². The van der Waals surface area contributed by atoms with Crippen molar-refractivity contribution in [1.29, 1.82) is 0 Å². The smallest absolute Gasteiger partial charge is 0.338 e. The first-order valence-electron chi connectivity index (χ1n) is 6.86. The molecule has 0 unspecified atom stereocenters. The molecular formula is C15H18N2O4. The van der Waals surface area contributed by atoms with Gasteiger partial charge in [-0.2, -0.15) is 0 Å². The number of imide groups is 1. The van der Waals surface area contributed by atoms with Crippen LogP contribution in [-0.4, -0.2) is 31.1 Å². The van der Waals surface area contributed by atoms with E-state index in [9.17, 15) is 14.4 Å². The van der Waals surface area contributed by atoms with E-state index in [1.807, 2.05) is 12.1 Å². The molecule has 1 atom stereocenters. The second-order valence-electron chi connectivity index (χ2n) is 4.95. The summed E-state index contributed by atoms with van der Waals surface area (Å²) in [4.78, 5) is 34.7. The highest BCUT2D eigenvalue weighted by Gasteiger charge is 2.21. The van der Waals surface area contributed by atoms with Gasteiger partial charge in [-0.15, -0.1) is 0 Å². The Morgan fingerprint density at radius 1 is 1.19 bits per heavy atom. The zero-order valence-corrected chi connectivity index (χ0v) is 12.1. The lowest BCUT2D eigenvalue weighted by atomic mass is 10.1. The van der Waals surface area contributed by atoms with Crippen LogP contribution >= 0.6 is 0 Å². The largest absolute Gasteiger partial charge is 0.449 e. The molecule has 1 aromatic carbocycles. The average Bonchev–Trinajstić information content (AvgIpc) is 2.94. The van der Waals surface area contributed by atoms with Crippen LogP contribution in [0.2, 0.25) is 0 Å². The Hall–Kier alpha value is -2.37. The lowest BCUT2D eigenvalue weighted by molar-refractivity contribution is -0.127. The van der Waals surface area contributed by atoms with Crippen molar-refractivity contribution < 1.29 is 19.1 Å². The van der Waals surface area contributed by atoms with Crippen LogP contribution in [0.1, 0.15) is 34.8 Å². The molecule has 0 radical (unpaired) electrons. The first kappa shape index (κ1) is 15.0. The number of hydrogen-bond donors (Lipinski definition) is 2. The van der Waals surface area contributed by atoms with Gasteiger partial charge in [-0.1, -0.05) is 6.07 Å². The monoisotopic (exact) mass is 290 g/mol. The van der Waals surface area contributed by atoms with Crippen LogP contribution in [0, 0.1) is 0 Å². The van der Waals surface area contributed by atoms with Gasteiger partial charge >= 0.3 is 12.0 Å². The van der Waals surface area contributed by atoms with Gasteiger partial charge in [0.25, 0.3) is 5.91 Å². The van der Waals surface area contributed by atoms with E-state index in [4.69, 9.17) is 4.74 Å². The number of carbonyl (C=O) groups is 3. The minimum Gasteiger partial charge on any atom is -0.449 e. The van der Waals surface area contributed by atoms with E-state index < -0.39 is 24.0 Å². The molecule has 6 nitrogen and oxygen atoms in total. The maximum Gasteiger partial charge on any atom is 0.338 e. The maximum atomic E-state index is 12.0. The van der Waals surface area contributed by atoms with Crippen LogP contribution in [0.15, 0.2) is 18.2 Å². The fourth-order valence-electron chi connectivity index (χ4n) is 2.26. The minimum absolute atomic E-state index is 0.426. The van der Waals surface area contributed by atoms with Gasteiger partial charge in [0, 0.05) is 7.05 Å². The van der Waals surface area contributed by atoms with Gasteiger partial charge in [-0.3, -0.25) is 10.1 Å². The summed E-state index contributed by atoms with van der Waals surface area (Å²) in [6, 6.07) is 4.80. The molecule has 0 heterocycles. The third-order valence-corrected chi connectivity index (χ3v) is 3.45. The Morgan fingerprint density at radius 3 is 2.62 bits per heavy atom. The van der Waals surface area contributed by atoms with Crippen LogP contribution < -0.4 is 10.6 Å². The number of aryl methyl sites for hydroxylation is 2. The molecule has 2 rings (SSSR count). The summed E-state index contributed by atoms with van der Waals surface area (Å²) in [5.41, 5.74) is 2.85. The Morgan fingerprint density at radius 2 is 1.90 bits per heavy atom. The number of esters is 1. The number of rotatable bonds is 3. The zero-order chi connectivity index (χ0) is 15.4. The molecule has 1 aromatic rings. The van der Waals surface area contributed by atoms with Crippen molar-refractivity contribution in [3.05, 3.63) is 34.9 Å². The van der Waals surface area contributed by atoms with E-state index in [1.54, 1.807) is 6.07 Å². The zero-order valence-electron chi connectivity index (χ0n) is 12.1. The molecule has 0 aliphatic heterocycles. The molecule has 0 fully saturated rings. The highest BCUT2D eigenvalue weighted by atomic mass is 16.5. The van der Waals surface area contributed by atoms with E-state index in [0.717, 1.165) is 24.8 Å². The lowest BCUT2D eigenvalue weighted by Crippen LogP contribution is -2.43. The van der Waals surface area contributed by atoms with E-state index >= 15 is 0 Å². The Kier molecular flexibility index (Phi) is 4.57. The predicted molar refractivity (Wildman–Crippen MR) is 75.9 cm³/mol. The molecule has 0 bridgehead atoms. The summed E-state index contributed by atoms with van der Waals surface area (Å²) in [6.45, 7) is 1.42. The van der Waals surface area contributed by atoms with E-state index in [2.05, 4.69) is 10.6 Å². The first-order chi connectivity index (χ1) is 10.0. The van der Waals surface area contributed by atoms with Crippen molar-refractivity contribution in [3.63, 3.8) is 0 Å². The van der Waals surface area contributed by atoms with Crippen LogP contribution in [0.5, 0.6) is 0 Å². The molecule has 0 saturated heterocycles. The fourth-order valence-corrected chi connectivity index (χ4v) is 2.26. The minimum atomic E-state index is -1.04. The van der Waals surface area contributed by atoms with E-state index in [-0.39, 0.29) is 0 Å². The van der Waals surface area contributed by atoms with Gasteiger partial charge in [-0.05, 0) is 49.4 Å². The molecular weight excluding hydrogens is 272 g/mol. The van der Waals surface area contributed by atoms with E-state index in [0.29, 0.717) is 5.56 Å². The normalized spacial score (nSPS) is 14.0. The Balaban J connectivity index is 1.97. The van der Waals surface area contributed by atoms with Gasteiger partial charge in [0.1, 0.15) is 0 Å². The highest BCUT2D eigenvalue weighted by Crippen LogP contribution is 2.23.